The zero-order valence-electron chi connectivity index (χ0n) is 8.08. The highest BCUT2D eigenvalue weighted by molar-refractivity contribution is 6.34. The molecule has 0 amide bonds. The van der Waals surface area contributed by atoms with E-state index in [1.165, 1.54) is 0 Å². The third-order valence-electron chi connectivity index (χ3n) is 2.66. The molecule has 1 saturated heterocycles. The Morgan fingerprint density at radius 2 is 2.25 bits per heavy atom. The molecule has 1 unspecified atom stereocenters. The number of nitrogens with one attached hydrogen (secondary N) is 1. The Morgan fingerprint density at radius 3 is 2.67 bits per heavy atom. The molecule has 0 aliphatic carbocycles. The summed E-state index contributed by atoms with van der Waals surface area (Å²) in [6, 6.07) is 0.176. The summed E-state index contributed by atoms with van der Waals surface area (Å²) in [5.74, 6) is 0.252. The number of rotatable bonds is 3. The van der Waals surface area contributed by atoms with Crippen LogP contribution in [-0.4, -0.2) is 37.8 Å². The minimum absolute atomic E-state index is 0.0401. The zero-order valence-corrected chi connectivity index (χ0v) is 8.08. The normalized spacial score (nSPS) is 41.7. The molecule has 0 aromatic heterocycles. The van der Waals surface area contributed by atoms with Gasteiger partial charge in [-0.1, -0.05) is 13.8 Å². The Morgan fingerprint density at radius 1 is 1.58 bits per heavy atom. The molecule has 1 rings (SSSR count). The summed E-state index contributed by atoms with van der Waals surface area (Å²) in [7, 11) is 2.73. The van der Waals surface area contributed by atoms with Crippen LogP contribution < -0.4 is 5.23 Å². The third kappa shape index (κ3) is 1.81. The second-order valence-electron chi connectivity index (χ2n) is 3.53. The van der Waals surface area contributed by atoms with Crippen molar-refractivity contribution in [2.24, 2.45) is 5.92 Å². The molecule has 0 spiro atoms. The fourth-order valence-electron chi connectivity index (χ4n) is 1.76. The van der Waals surface area contributed by atoms with Crippen molar-refractivity contribution >= 4 is 7.41 Å². The summed E-state index contributed by atoms with van der Waals surface area (Å²) >= 11 is 0. The lowest BCUT2D eigenvalue weighted by molar-refractivity contribution is 0.0285. The predicted molar refractivity (Wildman–Crippen MR) is 50.3 cm³/mol. The van der Waals surface area contributed by atoms with Crippen LogP contribution in [0.4, 0.5) is 0 Å². The average molecular weight is 171 g/mol. The van der Waals surface area contributed by atoms with Gasteiger partial charge in [0.25, 0.3) is 0 Å². The van der Waals surface area contributed by atoms with Crippen LogP contribution in [0, 0.1) is 5.92 Å². The van der Waals surface area contributed by atoms with Crippen LogP contribution in [0.25, 0.3) is 0 Å². The molecule has 12 heavy (non-hydrogen) atoms. The molecule has 3 nitrogen and oxygen atoms in total. The van der Waals surface area contributed by atoms with E-state index in [9.17, 15) is 5.11 Å². The van der Waals surface area contributed by atoms with E-state index in [-0.39, 0.29) is 24.1 Å². The predicted octanol–water partition coefficient (Wildman–Crippen LogP) is -0.311. The minimum Gasteiger partial charge on any atom is -0.390 e. The Hall–Kier alpha value is -0.0551. The smallest absolute Gasteiger partial charge is 0.234 e. The molecule has 2 N–H and O–H groups in total. The van der Waals surface area contributed by atoms with Crippen molar-refractivity contribution in [3.63, 3.8) is 0 Å². The van der Waals surface area contributed by atoms with Gasteiger partial charge in [-0.15, -0.1) is 0 Å². The minimum atomic E-state index is -0.284. The van der Waals surface area contributed by atoms with E-state index in [0.29, 0.717) is 0 Å². The molecular weight excluding hydrogens is 153 g/mol. The largest absolute Gasteiger partial charge is 0.390 e. The first-order valence-corrected chi connectivity index (χ1v) is 4.68. The lowest BCUT2D eigenvalue weighted by Crippen LogP contribution is -2.33. The van der Waals surface area contributed by atoms with E-state index in [1.807, 2.05) is 20.9 Å². The van der Waals surface area contributed by atoms with Crippen molar-refractivity contribution in [1.82, 2.24) is 5.23 Å². The molecule has 4 atom stereocenters. The monoisotopic (exact) mass is 171 g/mol. The number of hydrogen-bond donors (Lipinski definition) is 2. The molecule has 1 aliphatic heterocycles. The number of aliphatic hydroxyl groups excluding tert-OH is 1. The highest BCUT2D eigenvalue weighted by atomic mass is 16.5. The zero-order chi connectivity index (χ0) is 9.14. The number of hydrogen-bond acceptors (Lipinski definition) is 3. The van der Waals surface area contributed by atoms with E-state index < -0.39 is 0 Å². The molecule has 0 aromatic carbocycles. The van der Waals surface area contributed by atoms with E-state index in [4.69, 9.17) is 4.74 Å². The molecule has 0 saturated carbocycles. The van der Waals surface area contributed by atoms with E-state index >= 15 is 0 Å². The molecule has 70 valence electrons. The SMILES string of the molecule is CC[C@H]1O[C@@H](BNC)[C@@H](C)C1O. The van der Waals surface area contributed by atoms with Gasteiger partial charge in [-0.25, -0.2) is 0 Å². The quantitative estimate of drug-likeness (QED) is 0.572. The molecule has 1 aliphatic rings. The Kier molecular flexibility index (Phi) is 3.56. The van der Waals surface area contributed by atoms with Crippen molar-refractivity contribution in [3.05, 3.63) is 0 Å². The van der Waals surface area contributed by atoms with E-state index in [1.54, 1.807) is 0 Å². The van der Waals surface area contributed by atoms with Crippen molar-refractivity contribution in [2.45, 2.75) is 38.5 Å². The van der Waals surface area contributed by atoms with Gasteiger partial charge >= 0.3 is 0 Å². The first-order chi connectivity index (χ1) is 5.70. The van der Waals surface area contributed by atoms with Gasteiger partial charge in [0.1, 0.15) is 0 Å². The van der Waals surface area contributed by atoms with Gasteiger partial charge < -0.3 is 15.1 Å². The van der Waals surface area contributed by atoms with Crippen molar-refractivity contribution in [2.75, 3.05) is 7.05 Å². The van der Waals surface area contributed by atoms with Crippen LogP contribution in [0.15, 0.2) is 0 Å². The van der Waals surface area contributed by atoms with E-state index in [2.05, 4.69) is 5.23 Å². The lowest BCUT2D eigenvalue weighted by atomic mass is 9.77. The molecular formula is C8H18BNO2. The highest BCUT2D eigenvalue weighted by Gasteiger charge is 2.39. The lowest BCUT2D eigenvalue weighted by Gasteiger charge is -2.12. The van der Waals surface area contributed by atoms with Crippen molar-refractivity contribution in [1.29, 1.82) is 0 Å². The second-order valence-corrected chi connectivity index (χ2v) is 3.53. The third-order valence-corrected chi connectivity index (χ3v) is 2.66. The summed E-state index contributed by atoms with van der Waals surface area (Å²) in [6.07, 6.45) is 0.651. The van der Waals surface area contributed by atoms with Gasteiger partial charge in [0, 0.05) is 5.92 Å². The second kappa shape index (κ2) is 4.26. The van der Waals surface area contributed by atoms with Gasteiger partial charge in [0.2, 0.25) is 7.41 Å². The molecule has 1 heterocycles. The topological polar surface area (TPSA) is 41.5 Å². The fourth-order valence-corrected chi connectivity index (χ4v) is 1.76. The fraction of sp³-hybridized carbons (Fsp3) is 1.00. The first-order valence-electron chi connectivity index (χ1n) is 4.68. The summed E-state index contributed by atoms with van der Waals surface area (Å²) in [4.78, 5) is 0. The van der Waals surface area contributed by atoms with Crippen LogP contribution in [-0.2, 0) is 4.74 Å². The van der Waals surface area contributed by atoms with Crippen LogP contribution in [0.5, 0.6) is 0 Å². The van der Waals surface area contributed by atoms with Crippen molar-refractivity contribution < 1.29 is 9.84 Å². The van der Waals surface area contributed by atoms with Crippen LogP contribution in [0.2, 0.25) is 0 Å². The van der Waals surface area contributed by atoms with Gasteiger partial charge in [0.15, 0.2) is 0 Å². The molecule has 0 bridgehead atoms. The van der Waals surface area contributed by atoms with Gasteiger partial charge in [-0.2, -0.15) is 0 Å². The van der Waals surface area contributed by atoms with E-state index in [0.717, 1.165) is 13.8 Å². The standard InChI is InChI=1S/C8H18BNO2/c1-4-6-7(11)5(2)8(12-6)9-10-3/h5-11H,4H2,1-3H3/t5-,6+,7?,8+/m0/s1. The summed E-state index contributed by atoms with van der Waals surface area (Å²) < 4.78 is 5.66. The van der Waals surface area contributed by atoms with Crippen LogP contribution in [0.1, 0.15) is 20.3 Å². The Bertz CT molecular complexity index is 145. The van der Waals surface area contributed by atoms with Gasteiger partial charge in [0.05, 0.1) is 18.2 Å². The highest BCUT2D eigenvalue weighted by Crippen LogP contribution is 2.27. The average Bonchev–Trinajstić information content (AvgIpc) is 2.33. The molecule has 4 heteroatoms. The summed E-state index contributed by atoms with van der Waals surface area (Å²) in [5.41, 5.74) is 0. The number of ether oxygens (including phenoxy) is 1. The maximum absolute atomic E-state index is 9.70. The molecule has 0 radical (unpaired) electrons. The maximum Gasteiger partial charge on any atom is 0.234 e. The summed E-state index contributed by atoms with van der Waals surface area (Å²) in [6.45, 7) is 4.09. The van der Waals surface area contributed by atoms with Crippen LogP contribution >= 0.6 is 0 Å². The molecule has 0 aromatic rings. The molecule has 1 fully saturated rings. The first kappa shape index (κ1) is 10.0. The Labute approximate surface area is 74.8 Å². The number of aliphatic hydroxyl groups is 1. The Balaban J connectivity index is 2.48. The van der Waals surface area contributed by atoms with Gasteiger partial charge in [-0.3, -0.25) is 0 Å². The summed E-state index contributed by atoms with van der Waals surface area (Å²) in [5, 5.41) is 12.8. The van der Waals surface area contributed by atoms with Crippen molar-refractivity contribution in [3.8, 4) is 0 Å². The maximum atomic E-state index is 9.70. The van der Waals surface area contributed by atoms with Gasteiger partial charge in [-0.05, 0) is 13.5 Å². The van der Waals surface area contributed by atoms with Crippen LogP contribution in [0.3, 0.4) is 0 Å².